The Hall–Kier alpha value is -2.45. The molecule has 2 aromatic rings. The summed E-state index contributed by atoms with van der Waals surface area (Å²) in [6.07, 6.45) is 1.72. The zero-order valence-electron chi connectivity index (χ0n) is 9.24. The van der Waals surface area contributed by atoms with E-state index in [9.17, 15) is 10.1 Å². The summed E-state index contributed by atoms with van der Waals surface area (Å²) in [5.74, 6) is 0. The summed E-state index contributed by atoms with van der Waals surface area (Å²) in [4.78, 5) is 11.0. The summed E-state index contributed by atoms with van der Waals surface area (Å²) in [5.41, 5.74) is 1.37. The molecular formula is C13H8N2O2S. The lowest BCUT2D eigenvalue weighted by Gasteiger charge is -1.96. The smallest absolute Gasteiger partial charge is 0.258 e. The van der Waals surface area contributed by atoms with Crippen LogP contribution in [0.15, 0.2) is 41.8 Å². The van der Waals surface area contributed by atoms with Crippen LogP contribution in [0.5, 0.6) is 0 Å². The van der Waals surface area contributed by atoms with E-state index in [4.69, 9.17) is 5.26 Å². The lowest BCUT2D eigenvalue weighted by molar-refractivity contribution is -0.384. The molecule has 5 heteroatoms. The highest BCUT2D eigenvalue weighted by Crippen LogP contribution is 2.23. The van der Waals surface area contributed by atoms with Gasteiger partial charge in [-0.1, -0.05) is 6.07 Å². The molecule has 4 nitrogen and oxygen atoms in total. The van der Waals surface area contributed by atoms with E-state index in [2.05, 4.69) is 6.07 Å². The first-order valence-electron chi connectivity index (χ1n) is 5.11. The fourth-order valence-corrected chi connectivity index (χ4v) is 2.14. The van der Waals surface area contributed by atoms with Crippen LogP contribution >= 0.6 is 11.3 Å². The monoisotopic (exact) mass is 256 g/mol. The van der Waals surface area contributed by atoms with Crippen LogP contribution in [0.2, 0.25) is 0 Å². The van der Waals surface area contributed by atoms with Crippen LogP contribution in [0.1, 0.15) is 10.4 Å². The van der Waals surface area contributed by atoms with Crippen LogP contribution in [0.25, 0.3) is 11.6 Å². The standard InChI is InChI=1S/C13H8N2O2S/c14-9-11(13-2-1-7-18-13)8-10-3-5-12(6-4-10)15(16)17/h1-8H/b11-8+. The molecule has 0 aliphatic rings. The highest BCUT2D eigenvalue weighted by atomic mass is 32.1. The summed E-state index contributed by atoms with van der Waals surface area (Å²) < 4.78 is 0. The Morgan fingerprint density at radius 2 is 2.06 bits per heavy atom. The largest absolute Gasteiger partial charge is 0.269 e. The number of benzene rings is 1. The molecule has 0 radical (unpaired) electrons. The van der Waals surface area contributed by atoms with Gasteiger partial charge in [0, 0.05) is 17.0 Å². The van der Waals surface area contributed by atoms with E-state index in [1.54, 1.807) is 18.2 Å². The molecule has 0 atom stereocenters. The number of nitrogens with zero attached hydrogens (tertiary/aromatic N) is 2. The number of allylic oxidation sites excluding steroid dienone is 1. The Kier molecular flexibility index (Phi) is 3.51. The minimum Gasteiger partial charge on any atom is -0.258 e. The molecule has 18 heavy (non-hydrogen) atoms. The number of non-ortho nitro benzene ring substituents is 1. The average molecular weight is 256 g/mol. The molecule has 0 aliphatic carbocycles. The average Bonchev–Trinajstić information content (AvgIpc) is 2.90. The normalized spacial score (nSPS) is 10.9. The van der Waals surface area contributed by atoms with Crippen molar-refractivity contribution >= 4 is 28.7 Å². The predicted octanol–water partition coefficient (Wildman–Crippen LogP) is 3.72. The SMILES string of the molecule is N#C/C(=C\c1ccc([N+](=O)[O-])cc1)c1cccs1. The van der Waals surface area contributed by atoms with E-state index in [0.717, 1.165) is 10.4 Å². The molecule has 0 fully saturated rings. The molecule has 2 rings (SSSR count). The number of nitriles is 1. The van der Waals surface area contributed by atoms with Gasteiger partial charge in [-0.3, -0.25) is 10.1 Å². The molecule has 0 spiro atoms. The lowest BCUT2D eigenvalue weighted by Crippen LogP contribution is -1.86. The molecule has 0 unspecified atom stereocenters. The number of nitro groups is 1. The van der Waals surface area contributed by atoms with Crippen molar-refractivity contribution in [3.8, 4) is 6.07 Å². The Bertz CT molecular complexity index is 622. The lowest BCUT2D eigenvalue weighted by atomic mass is 10.1. The Labute approximate surface area is 108 Å². The third-order valence-electron chi connectivity index (χ3n) is 2.32. The van der Waals surface area contributed by atoms with Crippen molar-refractivity contribution in [2.24, 2.45) is 0 Å². The zero-order chi connectivity index (χ0) is 13.0. The van der Waals surface area contributed by atoms with Gasteiger partial charge in [0.25, 0.3) is 5.69 Å². The van der Waals surface area contributed by atoms with Gasteiger partial charge in [-0.15, -0.1) is 11.3 Å². The molecule has 1 aromatic heterocycles. The second kappa shape index (κ2) is 5.25. The second-order valence-corrected chi connectivity index (χ2v) is 4.44. The van der Waals surface area contributed by atoms with Gasteiger partial charge in [0.05, 0.1) is 10.5 Å². The van der Waals surface area contributed by atoms with Crippen LogP contribution in [-0.4, -0.2) is 4.92 Å². The van der Waals surface area contributed by atoms with Gasteiger partial charge in [0.15, 0.2) is 0 Å². The van der Waals surface area contributed by atoms with E-state index in [1.807, 2.05) is 17.5 Å². The van der Waals surface area contributed by atoms with E-state index in [-0.39, 0.29) is 5.69 Å². The number of hydrogen-bond donors (Lipinski definition) is 0. The third kappa shape index (κ3) is 2.62. The van der Waals surface area contributed by atoms with Crippen molar-refractivity contribution in [1.82, 2.24) is 0 Å². The number of thiophene rings is 1. The van der Waals surface area contributed by atoms with Crippen molar-refractivity contribution in [2.75, 3.05) is 0 Å². The maximum atomic E-state index is 10.5. The van der Waals surface area contributed by atoms with Crippen molar-refractivity contribution in [3.63, 3.8) is 0 Å². The van der Waals surface area contributed by atoms with Gasteiger partial charge in [-0.05, 0) is 35.2 Å². The molecule has 0 amide bonds. The predicted molar refractivity (Wildman–Crippen MR) is 70.9 cm³/mol. The molecule has 1 heterocycles. The molecule has 0 N–H and O–H groups in total. The Morgan fingerprint density at radius 3 is 2.56 bits per heavy atom. The number of rotatable bonds is 3. The summed E-state index contributed by atoms with van der Waals surface area (Å²) in [7, 11) is 0. The quantitative estimate of drug-likeness (QED) is 0.477. The molecule has 0 bridgehead atoms. The third-order valence-corrected chi connectivity index (χ3v) is 3.23. The summed E-state index contributed by atoms with van der Waals surface area (Å²) in [6.45, 7) is 0. The van der Waals surface area contributed by atoms with E-state index in [1.165, 1.54) is 23.5 Å². The fraction of sp³-hybridized carbons (Fsp3) is 0. The fourth-order valence-electron chi connectivity index (χ4n) is 1.45. The van der Waals surface area contributed by atoms with E-state index in [0.29, 0.717) is 5.57 Å². The first kappa shape index (κ1) is 12.0. The van der Waals surface area contributed by atoms with Crippen molar-refractivity contribution < 1.29 is 4.92 Å². The van der Waals surface area contributed by atoms with Gasteiger partial charge in [0.1, 0.15) is 6.07 Å². The summed E-state index contributed by atoms with van der Waals surface area (Å²) in [5, 5.41) is 21.5. The van der Waals surface area contributed by atoms with Crippen LogP contribution in [-0.2, 0) is 0 Å². The van der Waals surface area contributed by atoms with Crippen molar-refractivity contribution in [2.45, 2.75) is 0 Å². The van der Waals surface area contributed by atoms with Gasteiger partial charge in [-0.25, -0.2) is 0 Å². The van der Waals surface area contributed by atoms with E-state index < -0.39 is 4.92 Å². The molecule has 0 saturated carbocycles. The van der Waals surface area contributed by atoms with Gasteiger partial charge in [0.2, 0.25) is 0 Å². The number of hydrogen-bond acceptors (Lipinski definition) is 4. The molecule has 0 aliphatic heterocycles. The molecule has 0 saturated heterocycles. The van der Waals surface area contributed by atoms with Crippen LogP contribution < -0.4 is 0 Å². The second-order valence-electron chi connectivity index (χ2n) is 3.50. The topological polar surface area (TPSA) is 66.9 Å². The van der Waals surface area contributed by atoms with Crippen molar-refractivity contribution in [3.05, 3.63) is 62.3 Å². The van der Waals surface area contributed by atoms with Crippen LogP contribution in [0.4, 0.5) is 5.69 Å². The Morgan fingerprint density at radius 1 is 1.33 bits per heavy atom. The maximum absolute atomic E-state index is 10.5. The summed E-state index contributed by atoms with van der Waals surface area (Å²) >= 11 is 1.48. The first-order valence-corrected chi connectivity index (χ1v) is 5.99. The Balaban J connectivity index is 2.32. The van der Waals surface area contributed by atoms with E-state index >= 15 is 0 Å². The first-order chi connectivity index (χ1) is 8.70. The van der Waals surface area contributed by atoms with Crippen LogP contribution in [0, 0.1) is 21.4 Å². The van der Waals surface area contributed by atoms with Crippen LogP contribution in [0.3, 0.4) is 0 Å². The number of nitro benzene ring substituents is 1. The highest BCUT2D eigenvalue weighted by molar-refractivity contribution is 7.11. The van der Waals surface area contributed by atoms with Gasteiger partial charge in [-0.2, -0.15) is 5.26 Å². The molecule has 1 aromatic carbocycles. The molecule has 88 valence electrons. The van der Waals surface area contributed by atoms with Crippen molar-refractivity contribution in [1.29, 1.82) is 5.26 Å². The maximum Gasteiger partial charge on any atom is 0.269 e. The molecular weight excluding hydrogens is 248 g/mol. The highest BCUT2D eigenvalue weighted by Gasteiger charge is 2.05. The van der Waals surface area contributed by atoms with Gasteiger partial charge < -0.3 is 0 Å². The minimum absolute atomic E-state index is 0.0433. The summed E-state index contributed by atoms with van der Waals surface area (Å²) in [6, 6.07) is 12.0. The van der Waals surface area contributed by atoms with Gasteiger partial charge >= 0.3 is 0 Å². The zero-order valence-corrected chi connectivity index (χ0v) is 10.1. The minimum atomic E-state index is -0.446.